The summed E-state index contributed by atoms with van der Waals surface area (Å²) in [5.41, 5.74) is 0. The number of hydrogen-bond acceptors (Lipinski definition) is 2. The average molecular weight is 268 g/mol. The number of halogens is 5. The van der Waals surface area contributed by atoms with Crippen molar-refractivity contribution in [1.29, 1.82) is 0 Å². The maximum Gasteiger partial charge on any atom is 0.348 e. The van der Waals surface area contributed by atoms with Gasteiger partial charge in [0.2, 0.25) is 0 Å². The molecular weight excluding hydrogens is 264 g/mol. The van der Waals surface area contributed by atoms with Crippen molar-refractivity contribution in [3.05, 3.63) is 0 Å². The van der Waals surface area contributed by atoms with Gasteiger partial charge in [0, 0.05) is 12.4 Å². The Balaban J connectivity index is 4.14. The van der Waals surface area contributed by atoms with Gasteiger partial charge in [0.1, 0.15) is 0 Å². The van der Waals surface area contributed by atoms with Crippen LogP contribution in [-0.4, -0.2) is 15.9 Å². The highest BCUT2D eigenvalue weighted by atomic mass is 79.9. The predicted molar refractivity (Wildman–Crippen MR) is 37.8 cm³/mol. The molecule has 7 heteroatoms. The highest BCUT2D eigenvalue weighted by molar-refractivity contribution is 9.10. The molecule has 0 aliphatic rings. The molecule has 0 radical (unpaired) electrons. The molecule has 2 nitrogen and oxygen atoms in total. The molecule has 0 spiro atoms. The fraction of sp³-hybridized carbons (Fsp3) is 0.800. The van der Waals surface area contributed by atoms with Crippen molar-refractivity contribution >= 4 is 33.5 Å². The molecule has 0 aliphatic heterocycles. The van der Waals surface area contributed by atoms with E-state index < -0.39 is 28.8 Å². The van der Waals surface area contributed by atoms with Crippen LogP contribution in [0.3, 0.4) is 0 Å². The molecule has 0 amide bonds. The van der Waals surface area contributed by atoms with Gasteiger partial charge in [-0.3, -0.25) is 0 Å². The van der Waals surface area contributed by atoms with Crippen LogP contribution < -0.4 is 5.11 Å². The zero-order valence-electron chi connectivity index (χ0n) is 5.62. The van der Waals surface area contributed by atoms with Crippen LogP contribution in [0.1, 0.15) is 12.8 Å². The van der Waals surface area contributed by atoms with Crippen LogP contribution in [0, 0.1) is 0 Å². The maximum absolute atomic E-state index is 12.6. The fourth-order valence-corrected chi connectivity index (χ4v) is 0.694. The van der Waals surface area contributed by atoms with Crippen molar-refractivity contribution in [2.45, 2.75) is 22.8 Å². The summed E-state index contributed by atoms with van der Waals surface area (Å²) in [6, 6.07) is 0. The molecule has 0 aromatic carbocycles. The number of carbonyl (C=O) groups is 1. The first-order valence-electron chi connectivity index (χ1n) is 2.81. The Labute approximate surface area is 79.8 Å². The van der Waals surface area contributed by atoms with E-state index in [1.807, 2.05) is 0 Å². The smallest absolute Gasteiger partial charge is 0.348 e. The van der Waals surface area contributed by atoms with E-state index in [1.54, 1.807) is 15.9 Å². The van der Waals surface area contributed by atoms with Gasteiger partial charge in [-0.25, -0.2) is 4.39 Å². The lowest BCUT2D eigenvalue weighted by Crippen LogP contribution is -2.35. The molecule has 1 atom stereocenters. The highest BCUT2D eigenvalue weighted by Gasteiger charge is 2.51. The molecule has 72 valence electrons. The standard InChI is InChI=1S/C5H5BrClF3O2/c6-5(9,10)4(7,8)2-1-3(11)12/h1-2H2,(H,11,12)/p-1/t4-/m1/s1. The van der Waals surface area contributed by atoms with E-state index in [9.17, 15) is 23.1 Å². The third-order valence-electron chi connectivity index (χ3n) is 1.06. The van der Waals surface area contributed by atoms with E-state index in [2.05, 4.69) is 0 Å². The monoisotopic (exact) mass is 267 g/mol. The van der Waals surface area contributed by atoms with Crippen LogP contribution in [-0.2, 0) is 4.79 Å². The van der Waals surface area contributed by atoms with E-state index in [1.165, 1.54) is 0 Å². The van der Waals surface area contributed by atoms with Gasteiger partial charge < -0.3 is 9.90 Å². The Bertz CT molecular complexity index is 180. The number of rotatable bonds is 4. The Morgan fingerprint density at radius 2 is 1.92 bits per heavy atom. The van der Waals surface area contributed by atoms with Crippen LogP contribution in [0.25, 0.3) is 0 Å². The van der Waals surface area contributed by atoms with Crippen molar-refractivity contribution in [3.8, 4) is 0 Å². The second kappa shape index (κ2) is 3.83. The van der Waals surface area contributed by atoms with E-state index in [4.69, 9.17) is 11.6 Å². The van der Waals surface area contributed by atoms with Gasteiger partial charge >= 0.3 is 4.83 Å². The van der Waals surface area contributed by atoms with Gasteiger partial charge in [-0.1, -0.05) is 11.6 Å². The molecule has 0 bridgehead atoms. The van der Waals surface area contributed by atoms with E-state index >= 15 is 0 Å². The van der Waals surface area contributed by atoms with Gasteiger partial charge in [-0.15, -0.1) is 0 Å². The zero-order chi connectivity index (χ0) is 9.99. The summed E-state index contributed by atoms with van der Waals surface area (Å²) >= 11 is 6.40. The number of hydrogen-bond donors (Lipinski definition) is 0. The number of alkyl halides is 5. The molecule has 0 N–H and O–H groups in total. The second-order valence-corrected chi connectivity index (χ2v) is 3.67. The summed E-state index contributed by atoms with van der Waals surface area (Å²) in [4.78, 5) is 5.83. The summed E-state index contributed by atoms with van der Waals surface area (Å²) < 4.78 is 36.9. The van der Waals surface area contributed by atoms with Gasteiger partial charge in [-0.2, -0.15) is 8.78 Å². The second-order valence-electron chi connectivity index (χ2n) is 2.07. The zero-order valence-corrected chi connectivity index (χ0v) is 7.96. The van der Waals surface area contributed by atoms with Crippen LogP contribution >= 0.6 is 27.5 Å². The molecule has 0 aliphatic carbocycles. The molecule has 0 unspecified atom stereocenters. The molecule has 0 saturated carbocycles. The Morgan fingerprint density at radius 1 is 1.50 bits per heavy atom. The van der Waals surface area contributed by atoms with Gasteiger partial charge in [0.25, 0.3) is 5.13 Å². The van der Waals surface area contributed by atoms with E-state index in [-0.39, 0.29) is 0 Å². The summed E-state index contributed by atoms with van der Waals surface area (Å²) in [6.07, 6.45) is -1.88. The van der Waals surface area contributed by atoms with Crippen LogP contribution in [0.5, 0.6) is 0 Å². The Kier molecular flexibility index (Phi) is 3.84. The van der Waals surface area contributed by atoms with Gasteiger partial charge in [0.05, 0.1) is 0 Å². The number of carbonyl (C=O) groups excluding carboxylic acids is 1. The quantitative estimate of drug-likeness (QED) is 0.723. The van der Waals surface area contributed by atoms with Crippen molar-refractivity contribution in [2.75, 3.05) is 0 Å². The molecule has 0 heterocycles. The minimum Gasteiger partial charge on any atom is -0.550 e. The first-order chi connectivity index (χ1) is 5.17. The number of aliphatic carboxylic acids is 1. The summed E-state index contributed by atoms with van der Waals surface area (Å²) in [5.74, 6) is -1.63. The molecule has 0 saturated heterocycles. The molecular formula is C5H4BrClF3O2-. The lowest BCUT2D eigenvalue weighted by molar-refractivity contribution is -0.306. The summed E-state index contributed by atoms with van der Waals surface area (Å²) in [5, 5.41) is 6.38. The minimum absolute atomic E-state index is 0.860. The molecule has 0 rings (SSSR count). The number of carboxylic acid groups (broad SMARTS) is 1. The fourth-order valence-electron chi connectivity index (χ4n) is 0.401. The van der Waals surface area contributed by atoms with E-state index in [0.717, 1.165) is 0 Å². The summed E-state index contributed by atoms with van der Waals surface area (Å²) in [7, 11) is 0. The van der Waals surface area contributed by atoms with Crippen molar-refractivity contribution in [2.24, 2.45) is 0 Å². The topological polar surface area (TPSA) is 40.1 Å². The minimum atomic E-state index is -3.95. The van der Waals surface area contributed by atoms with Crippen molar-refractivity contribution in [3.63, 3.8) is 0 Å². The van der Waals surface area contributed by atoms with Crippen LogP contribution in [0.15, 0.2) is 0 Å². The predicted octanol–water partition coefficient (Wildman–Crippen LogP) is 1.41. The lowest BCUT2D eigenvalue weighted by Gasteiger charge is -2.22. The average Bonchev–Trinajstić information content (AvgIpc) is 1.81. The Morgan fingerprint density at radius 3 is 2.17 bits per heavy atom. The highest BCUT2D eigenvalue weighted by Crippen LogP contribution is 2.44. The van der Waals surface area contributed by atoms with Gasteiger partial charge in [0.15, 0.2) is 0 Å². The van der Waals surface area contributed by atoms with Crippen LogP contribution in [0.2, 0.25) is 0 Å². The van der Waals surface area contributed by atoms with Crippen molar-refractivity contribution in [1.82, 2.24) is 0 Å². The van der Waals surface area contributed by atoms with Crippen molar-refractivity contribution < 1.29 is 23.1 Å². The molecule has 12 heavy (non-hydrogen) atoms. The van der Waals surface area contributed by atoms with Crippen LogP contribution in [0.4, 0.5) is 13.2 Å². The molecule has 0 fully saturated rings. The first kappa shape index (κ1) is 12.0. The van der Waals surface area contributed by atoms with Gasteiger partial charge in [-0.05, 0) is 22.4 Å². The third kappa shape index (κ3) is 3.62. The lowest BCUT2D eigenvalue weighted by atomic mass is 10.2. The largest absolute Gasteiger partial charge is 0.550 e. The summed E-state index contributed by atoms with van der Waals surface area (Å²) in [6.45, 7) is 0. The SMILES string of the molecule is O=C([O-])CC[C@](F)(Cl)C(F)(F)Br. The molecule has 0 aromatic rings. The van der Waals surface area contributed by atoms with E-state index in [0.29, 0.717) is 0 Å². The first-order valence-corrected chi connectivity index (χ1v) is 3.98. The normalized spacial score (nSPS) is 17.1. The maximum atomic E-state index is 12.6. The number of carboxylic acids is 1. The Hall–Kier alpha value is 0.0300. The molecule has 0 aromatic heterocycles. The third-order valence-corrected chi connectivity index (χ3v) is 2.34.